The number of nitrogens with zero attached hydrogens (tertiary/aromatic N) is 2. The second-order valence-corrected chi connectivity index (χ2v) is 7.77. The number of rotatable bonds is 5. The number of aromatic nitrogens is 2. The molecule has 4 rings (SSSR count). The summed E-state index contributed by atoms with van der Waals surface area (Å²) in [5, 5.41) is 0.234. The van der Waals surface area contributed by atoms with Crippen molar-refractivity contribution in [2.24, 2.45) is 0 Å². The Morgan fingerprint density at radius 3 is 2.61 bits per heavy atom. The number of alkyl halides is 2. The van der Waals surface area contributed by atoms with Gasteiger partial charge in [0.05, 0.1) is 34.7 Å². The van der Waals surface area contributed by atoms with Gasteiger partial charge in [0, 0.05) is 31.9 Å². The van der Waals surface area contributed by atoms with Crippen molar-refractivity contribution in [2.45, 2.75) is 17.2 Å². The van der Waals surface area contributed by atoms with Crippen LogP contribution in [0.3, 0.4) is 0 Å². The first-order chi connectivity index (χ1) is 13.3. The molecule has 148 valence electrons. The first kappa shape index (κ1) is 18.5. The van der Waals surface area contributed by atoms with Crippen molar-refractivity contribution in [1.82, 2.24) is 9.97 Å². The zero-order valence-corrected chi connectivity index (χ0v) is 16.1. The molecule has 10 heteroatoms. The van der Waals surface area contributed by atoms with Crippen LogP contribution in [-0.4, -0.2) is 41.7 Å². The van der Waals surface area contributed by atoms with Crippen LogP contribution in [0.5, 0.6) is 17.2 Å². The molecule has 2 heterocycles. The van der Waals surface area contributed by atoms with Gasteiger partial charge in [-0.15, -0.1) is 8.78 Å². The number of benzene rings is 2. The Hall–Kier alpha value is -2.88. The molecule has 1 aliphatic heterocycles. The lowest BCUT2D eigenvalue weighted by Gasteiger charge is -2.18. The maximum Gasteiger partial charge on any atom is 0.586 e. The lowest BCUT2D eigenvalue weighted by Crippen LogP contribution is -2.25. The largest absolute Gasteiger partial charge is 0.586 e. The maximum absolute atomic E-state index is 13.2. The van der Waals surface area contributed by atoms with Gasteiger partial charge in [-0.1, -0.05) is 0 Å². The van der Waals surface area contributed by atoms with Gasteiger partial charge >= 0.3 is 6.29 Å². The number of imidazole rings is 1. The summed E-state index contributed by atoms with van der Waals surface area (Å²) < 4.78 is 53.4. The minimum atomic E-state index is -3.69. The third-order valence-electron chi connectivity index (χ3n) is 4.25. The SMILES string of the molecule is COc1ccc(N(C)C)c(CS(=O)c2nc3cc4c(cc3[nH]2)OC(F)(F)O4)c1. The molecule has 28 heavy (non-hydrogen) atoms. The van der Waals surface area contributed by atoms with Gasteiger partial charge in [0.15, 0.2) is 16.7 Å². The lowest BCUT2D eigenvalue weighted by molar-refractivity contribution is -0.286. The summed E-state index contributed by atoms with van der Waals surface area (Å²) in [6.45, 7) is 0. The zero-order chi connectivity index (χ0) is 20.1. The molecule has 0 amide bonds. The second-order valence-electron chi connectivity index (χ2n) is 6.40. The minimum absolute atomic E-state index is 0.0961. The van der Waals surface area contributed by atoms with Crippen LogP contribution in [0.1, 0.15) is 5.56 Å². The molecule has 1 unspecified atom stereocenters. The van der Waals surface area contributed by atoms with Gasteiger partial charge in [0.1, 0.15) is 5.75 Å². The van der Waals surface area contributed by atoms with E-state index in [1.165, 1.54) is 12.1 Å². The van der Waals surface area contributed by atoms with E-state index in [0.717, 1.165) is 11.3 Å². The minimum Gasteiger partial charge on any atom is -0.497 e. The van der Waals surface area contributed by atoms with E-state index in [0.29, 0.717) is 16.8 Å². The van der Waals surface area contributed by atoms with Crippen molar-refractivity contribution in [2.75, 3.05) is 26.1 Å². The number of halogens is 2. The molecule has 0 spiro atoms. The third-order valence-corrected chi connectivity index (χ3v) is 5.45. The molecule has 0 saturated carbocycles. The quantitative estimate of drug-likeness (QED) is 0.697. The van der Waals surface area contributed by atoms with Crippen molar-refractivity contribution in [3.8, 4) is 17.2 Å². The fraction of sp³-hybridized carbons (Fsp3) is 0.278. The molecule has 1 aliphatic rings. The Morgan fingerprint density at radius 1 is 1.21 bits per heavy atom. The number of nitrogens with one attached hydrogen (secondary N) is 1. The average molecular weight is 409 g/mol. The Morgan fingerprint density at radius 2 is 1.93 bits per heavy atom. The predicted octanol–water partition coefficient (Wildman–Crippen LogP) is 3.27. The van der Waals surface area contributed by atoms with E-state index in [9.17, 15) is 13.0 Å². The molecule has 0 saturated heterocycles. The second kappa shape index (κ2) is 6.62. The molecule has 0 radical (unpaired) electrons. The zero-order valence-electron chi connectivity index (χ0n) is 15.3. The van der Waals surface area contributed by atoms with E-state index >= 15 is 0 Å². The molecule has 7 nitrogen and oxygen atoms in total. The van der Waals surface area contributed by atoms with Crippen LogP contribution in [0.25, 0.3) is 11.0 Å². The van der Waals surface area contributed by atoms with E-state index in [2.05, 4.69) is 19.4 Å². The highest BCUT2D eigenvalue weighted by Gasteiger charge is 2.43. The molecule has 0 bridgehead atoms. The topological polar surface area (TPSA) is 76.7 Å². The predicted molar refractivity (Wildman–Crippen MR) is 99.7 cm³/mol. The highest BCUT2D eigenvalue weighted by Crippen LogP contribution is 2.42. The summed E-state index contributed by atoms with van der Waals surface area (Å²) in [6, 6.07) is 8.24. The standard InChI is InChI=1S/C18H17F2N3O4S/c1-23(2)14-5-4-11(25-3)6-10(14)9-28(24)17-21-12-7-15-16(8-13(12)22-17)27-18(19,20)26-15/h4-8H,9H2,1-3H3,(H,21,22). The van der Waals surface area contributed by atoms with Crippen LogP contribution in [0.2, 0.25) is 0 Å². The van der Waals surface area contributed by atoms with Crippen LogP contribution in [-0.2, 0) is 16.6 Å². The number of ether oxygens (including phenoxy) is 3. The molecular formula is C18H17F2N3O4S. The molecule has 2 aromatic carbocycles. The maximum atomic E-state index is 13.2. The Labute approximate surface area is 161 Å². The monoisotopic (exact) mass is 409 g/mol. The highest BCUT2D eigenvalue weighted by atomic mass is 32.2. The highest BCUT2D eigenvalue weighted by molar-refractivity contribution is 7.84. The van der Waals surface area contributed by atoms with Crippen molar-refractivity contribution < 1.29 is 27.2 Å². The first-order valence-electron chi connectivity index (χ1n) is 8.28. The van der Waals surface area contributed by atoms with Crippen LogP contribution in [0.4, 0.5) is 14.5 Å². The third kappa shape index (κ3) is 3.35. The summed E-state index contributed by atoms with van der Waals surface area (Å²) in [7, 11) is 3.86. The molecule has 1 aromatic heterocycles. The van der Waals surface area contributed by atoms with Crippen LogP contribution in [0, 0.1) is 0 Å². The van der Waals surface area contributed by atoms with Gasteiger partial charge in [0.25, 0.3) is 0 Å². The molecule has 1 N–H and O–H groups in total. The Kier molecular flexibility index (Phi) is 4.37. The number of anilines is 1. The lowest BCUT2D eigenvalue weighted by atomic mass is 10.2. The molecule has 3 aromatic rings. The number of fused-ring (bicyclic) bond motifs is 2. The summed E-state index contributed by atoms with van der Waals surface area (Å²) >= 11 is 0. The van der Waals surface area contributed by atoms with Crippen molar-refractivity contribution in [1.29, 1.82) is 0 Å². The Balaban J connectivity index is 1.64. The number of hydrogen-bond donors (Lipinski definition) is 1. The first-order valence-corrected chi connectivity index (χ1v) is 9.60. The van der Waals surface area contributed by atoms with Crippen LogP contribution in [0.15, 0.2) is 35.5 Å². The van der Waals surface area contributed by atoms with Gasteiger partial charge in [-0.3, -0.25) is 4.21 Å². The van der Waals surface area contributed by atoms with Gasteiger partial charge in [0.2, 0.25) is 0 Å². The Bertz CT molecular complexity index is 1040. The van der Waals surface area contributed by atoms with Crippen molar-refractivity contribution in [3.63, 3.8) is 0 Å². The van der Waals surface area contributed by atoms with Gasteiger partial charge in [-0.25, -0.2) is 4.98 Å². The number of methoxy groups -OCH3 is 1. The van der Waals surface area contributed by atoms with E-state index in [-0.39, 0.29) is 22.4 Å². The summed E-state index contributed by atoms with van der Waals surface area (Å²) in [4.78, 5) is 9.10. The van der Waals surface area contributed by atoms with E-state index in [1.807, 2.05) is 37.2 Å². The molecule has 1 atom stereocenters. The fourth-order valence-corrected chi connectivity index (χ4v) is 4.06. The van der Waals surface area contributed by atoms with E-state index in [4.69, 9.17) is 4.74 Å². The fourth-order valence-electron chi connectivity index (χ4n) is 2.99. The summed E-state index contributed by atoms with van der Waals surface area (Å²) in [5.74, 6) is 0.661. The van der Waals surface area contributed by atoms with E-state index in [1.54, 1.807) is 7.11 Å². The van der Waals surface area contributed by atoms with Gasteiger partial charge in [-0.2, -0.15) is 0 Å². The summed E-state index contributed by atoms with van der Waals surface area (Å²) in [6.07, 6.45) is -3.69. The summed E-state index contributed by atoms with van der Waals surface area (Å²) in [5.41, 5.74) is 2.54. The average Bonchev–Trinajstić information content (AvgIpc) is 3.16. The molecule has 0 fully saturated rings. The van der Waals surface area contributed by atoms with Gasteiger partial charge in [-0.05, 0) is 23.8 Å². The van der Waals surface area contributed by atoms with Crippen LogP contribution < -0.4 is 19.1 Å². The van der Waals surface area contributed by atoms with Crippen LogP contribution >= 0.6 is 0 Å². The number of H-pyrrole nitrogens is 1. The normalized spacial score (nSPS) is 15.6. The number of hydrogen-bond acceptors (Lipinski definition) is 6. The smallest absolute Gasteiger partial charge is 0.497 e. The van der Waals surface area contributed by atoms with Crippen molar-refractivity contribution in [3.05, 3.63) is 35.9 Å². The molecule has 0 aliphatic carbocycles. The van der Waals surface area contributed by atoms with Gasteiger partial charge < -0.3 is 24.1 Å². The van der Waals surface area contributed by atoms with E-state index < -0.39 is 17.1 Å². The number of aromatic amines is 1. The van der Waals surface area contributed by atoms with Crippen molar-refractivity contribution >= 4 is 27.5 Å². The molecular weight excluding hydrogens is 392 g/mol.